The molecule has 1 atom stereocenters. The van der Waals surface area contributed by atoms with Gasteiger partial charge in [-0.05, 0) is 28.0 Å². The average molecular weight is 359 g/mol. The molecule has 0 bridgehead atoms. The van der Waals surface area contributed by atoms with E-state index in [1.165, 1.54) is 6.07 Å². The Hall–Kier alpha value is -3.54. The first-order chi connectivity index (χ1) is 13.2. The fraction of sp³-hybridized carbons (Fsp3) is 0.143. The quantitative estimate of drug-likeness (QED) is 0.390. The lowest BCUT2D eigenvalue weighted by atomic mass is 9.96. The number of carbonyl (C=O) groups excluding carboxylic acids is 1. The van der Waals surface area contributed by atoms with E-state index < -0.39 is 4.92 Å². The first-order valence-electron chi connectivity index (χ1n) is 8.67. The zero-order chi connectivity index (χ0) is 18.8. The van der Waals surface area contributed by atoms with Gasteiger partial charge < -0.3 is 4.79 Å². The number of rotatable bonds is 5. The molecule has 27 heavy (non-hydrogen) atoms. The number of nitrogens with zero attached hydrogens (tertiary/aromatic N) is 3. The number of benzene rings is 3. The number of non-ortho nitro benzene ring substituents is 1. The highest BCUT2D eigenvalue weighted by molar-refractivity contribution is 6.04. The van der Waals surface area contributed by atoms with Gasteiger partial charge in [0.15, 0.2) is 0 Å². The Morgan fingerprint density at radius 3 is 2.67 bits per heavy atom. The monoisotopic (exact) mass is 359 g/mol. The molecule has 0 amide bonds. The van der Waals surface area contributed by atoms with Crippen molar-refractivity contribution in [1.82, 2.24) is 5.01 Å². The molecule has 1 aliphatic heterocycles. The minimum absolute atomic E-state index is 0.0395. The fourth-order valence-corrected chi connectivity index (χ4v) is 3.48. The molecule has 4 rings (SSSR count). The summed E-state index contributed by atoms with van der Waals surface area (Å²) < 4.78 is 0. The Bertz CT molecular complexity index is 1060. The van der Waals surface area contributed by atoms with E-state index in [2.05, 4.69) is 29.4 Å². The summed E-state index contributed by atoms with van der Waals surface area (Å²) in [5, 5.41) is 19.7. The Labute approximate surface area is 155 Å². The summed E-state index contributed by atoms with van der Waals surface area (Å²) in [5.41, 5.74) is 2.69. The van der Waals surface area contributed by atoms with Gasteiger partial charge in [-0.2, -0.15) is 5.10 Å². The molecule has 3 aromatic rings. The molecule has 0 saturated carbocycles. The molecule has 1 unspecified atom stereocenters. The smallest absolute Gasteiger partial charge is 0.269 e. The van der Waals surface area contributed by atoms with Gasteiger partial charge in [-0.15, -0.1) is 0 Å². The van der Waals surface area contributed by atoms with Gasteiger partial charge in [0.1, 0.15) is 6.29 Å². The van der Waals surface area contributed by atoms with Crippen LogP contribution in [0.5, 0.6) is 0 Å². The predicted octanol–water partition coefficient (Wildman–Crippen LogP) is 4.10. The Balaban J connectivity index is 1.69. The largest absolute Gasteiger partial charge is 0.301 e. The summed E-state index contributed by atoms with van der Waals surface area (Å²) in [5.74, 6) is 0. The van der Waals surface area contributed by atoms with Crippen LogP contribution in [0.25, 0.3) is 10.8 Å². The van der Waals surface area contributed by atoms with Crippen molar-refractivity contribution in [2.24, 2.45) is 5.10 Å². The van der Waals surface area contributed by atoms with Crippen LogP contribution >= 0.6 is 0 Å². The SMILES string of the molecule is O=CCN1N=C(c2ccc3ccccc3c2)CC1c1cccc([N+](=O)[O-])c1. The first kappa shape index (κ1) is 16.9. The Morgan fingerprint density at radius 1 is 1.07 bits per heavy atom. The number of nitro benzene ring substituents is 1. The van der Waals surface area contributed by atoms with Gasteiger partial charge in [0.2, 0.25) is 0 Å². The van der Waals surface area contributed by atoms with Crippen molar-refractivity contribution in [1.29, 1.82) is 0 Å². The molecule has 0 fully saturated rings. The number of nitro groups is 1. The van der Waals surface area contributed by atoms with Gasteiger partial charge in [0, 0.05) is 18.6 Å². The maximum atomic E-state index is 11.1. The molecule has 0 spiro atoms. The van der Waals surface area contributed by atoms with E-state index in [0.29, 0.717) is 6.42 Å². The fourth-order valence-electron chi connectivity index (χ4n) is 3.48. The van der Waals surface area contributed by atoms with Gasteiger partial charge in [0.25, 0.3) is 5.69 Å². The number of hydrazone groups is 1. The first-order valence-corrected chi connectivity index (χ1v) is 8.67. The number of hydrogen-bond acceptors (Lipinski definition) is 5. The van der Waals surface area contributed by atoms with E-state index in [1.54, 1.807) is 17.1 Å². The van der Waals surface area contributed by atoms with E-state index in [-0.39, 0.29) is 18.3 Å². The molecule has 6 nitrogen and oxygen atoms in total. The van der Waals surface area contributed by atoms with Crippen molar-refractivity contribution in [3.8, 4) is 0 Å². The third-order valence-corrected chi connectivity index (χ3v) is 4.81. The van der Waals surface area contributed by atoms with Crippen LogP contribution in [-0.2, 0) is 4.79 Å². The minimum atomic E-state index is -0.409. The van der Waals surface area contributed by atoms with Crippen molar-refractivity contribution in [3.05, 3.63) is 88.0 Å². The molecular weight excluding hydrogens is 342 g/mol. The average Bonchev–Trinajstić information content (AvgIpc) is 3.12. The van der Waals surface area contributed by atoms with Crippen LogP contribution in [0.1, 0.15) is 23.6 Å². The molecule has 1 heterocycles. The van der Waals surface area contributed by atoms with E-state index in [4.69, 9.17) is 0 Å². The molecule has 1 aliphatic rings. The van der Waals surface area contributed by atoms with Gasteiger partial charge in [0.05, 0.1) is 23.2 Å². The van der Waals surface area contributed by atoms with Crippen LogP contribution in [0.15, 0.2) is 71.8 Å². The van der Waals surface area contributed by atoms with Gasteiger partial charge in [-0.1, -0.05) is 48.5 Å². The maximum Gasteiger partial charge on any atom is 0.269 e. The van der Waals surface area contributed by atoms with Crippen LogP contribution in [0.2, 0.25) is 0 Å². The van der Waals surface area contributed by atoms with Gasteiger partial charge in [-0.3, -0.25) is 15.1 Å². The maximum absolute atomic E-state index is 11.1. The molecule has 134 valence electrons. The summed E-state index contributed by atoms with van der Waals surface area (Å²) >= 11 is 0. The number of aldehydes is 1. The summed E-state index contributed by atoms with van der Waals surface area (Å²) in [6.07, 6.45) is 1.39. The third kappa shape index (κ3) is 3.29. The number of hydrogen-bond donors (Lipinski definition) is 0. The third-order valence-electron chi connectivity index (χ3n) is 4.81. The summed E-state index contributed by atoms with van der Waals surface area (Å²) in [4.78, 5) is 21.8. The van der Waals surface area contributed by atoms with Crippen molar-refractivity contribution < 1.29 is 9.72 Å². The molecule has 0 aromatic heterocycles. The van der Waals surface area contributed by atoms with E-state index in [0.717, 1.165) is 33.9 Å². The second kappa shape index (κ2) is 6.99. The molecule has 0 N–H and O–H groups in total. The number of fused-ring (bicyclic) bond motifs is 1. The summed E-state index contributed by atoms with van der Waals surface area (Å²) in [7, 11) is 0. The van der Waals surface area contributed by atoms with E-state index in [9.17, 15) is 14.9 Å². The second-order valence-corrected chi connectivity index (χ2v) is 6.47. The van der Waals surface area contributed by atoms with Crippen LogP contribution in [0, 0.1) is 10.1 Å². The second-order valence-electron chi connectivity index (χ2n) is 6.47. The highest BCUT2D eigenvalue weighted by Gasteiger charge is 2.29. The van der Waals surface area contributed by atoms with Crippen molar-refractivity contribution in [2.45, 2.75) is 12.5 Å². The highest BCUT2D eigenvalue weighted by Crippen LogP contribution is 2.34. The van der Waals surface area contributed by atoms with Crippen molar-refractivity contribution >= 4 is 28.5 Å². The summed E-state index contributed by atoms with van der Waals surface area (Å²) in [6.45, 7) is 0.143. The lowest BCUT2D eigenvalue weighted by Crippen LogP contribution is -2.21. The molecule has 3 aromatic carbocycles. The van der Waals surface area contributed by atoms with Crippen molar-refractivity contribution in [3.63, 3.8) is 0 Å². The van der Waals surface area contributed by atoms with Gasteiger partial charge in [-0.25, -0.2) is 0 Å². The highest BCUT2D eigenvalue weighted by atomic mass is 16.6. The van der Waals surface area contributed by atoms with Crippen LogP contribution in [0.4, 0.5) is 5.69 Å². The number of carbonyl (C=O) groups is 1. The van der Waals surface area contributed by atoms with Crippen LogP contribution < -0.4 is 0 Å². The van der Waals surface area contributed by atoms with Crippen LogP contribution in [0.3, 0.4) is 0 Å². The normalized spacial score (nSPS) is 16.4. The predicted molar refractivity (Wildman–Crippen MR) is 104 cm³/mol. The molecule has 0 radical (unpaired) electrons. The molecular formula is C21H17N3O3. The lowest BCUT2D eigenvalue weighted by Gasteiger charge is -2.21. The summed E-state index contributed by atoms with van der Waals surface area (Å²) in [6, 6.07) is 20.6. The Morgan fingerprint density at radius 2 is 1.89 bits per heavy atom. The van der Waals surface area contributed by atoms with Gasteiger partial charge >= 0.3 is 0 Å². The van der Waals surface area contributed by atoms with E-state index in [1.807, 2.05) is 24.3 Å². The standard InChI is InChI=1S/C21H17N3O3/c25-11-10-23-21(18-6-3-7-19(13-18)24(26)27)14-20(22-23)17-9-8-15-4-1-2-5-16(15)12-17/h1-9,11-13,21H,10,14H2. The Kier molecular flexibility index (Phi) is 4.38. The topological polar surface area (TPSA) is 75.8 Å². The molecule has 6 heteroatoms. The zero-order valence-electron chi connectivity index (χ0n) is 14.5. The van der Waals surface area contributed by atoms with E-state index >= 15 is 0 Å². The van der Waals surface area contributed by atoms with Crippen molar-refractivity contribution in [2.75, 3.05) is 6.54 Å². The van der Waals surface area contributed by atoms with Crippen LogP contribution in [-0.4, -0.2) is 28.5 Å². The zero-order valence-corrected chi connectivity index (χ0v) is 14.5. The minimum Gasteiger partial charge on any atom is -0.301 e. The molecule has 0 aliphatic carbocycles. The molecule has 0 saturated heterocycles. The lowest BCUT2D eigenvalue weighted by molar-refractivity contribution is -0.384.